The van der Waals surface area contributed by atoms with E-state index in [1.165, 1.54) is 42.6 Å². The number of nitrogens with zero attached hydrogens (tertiary/aromatic N) is 3. The summed E-state index contributed by atoms with van der Waals surface area (Å²) in [4.78, 5) is 4.82. The molecule has 2 fully saturated rings. The van der Waals surface area contributed by atoms with Gasteiger partial charge in [-0.25, -0.2) is 0 Å². The summed E-state index contributed by atoms with van der Waals surface area (Å²) in [7, 11) is 2.02. The van der Waals surface area contributed by atoms with Gasteiger partial charge in [0.15, 0.2) is 0 Å². The quantitative estimate of drug-likeness (QED) is 0.865. The van der Waals surface area contributed by atoms with Gasteiger partial charge < -0.3 is 10.1 Å². The maximum atomic E-state index is 6.37. The van der Waals surface area contributed by atoms with Crippen LogP contribution in [0.5, 0.6) is 0 Å². The molecule has 1 spiro atoms. The van der Waals surface area contributed by atoms with E-state index in [4.69, 9.17) is 9.72 Å². The topological polar surface area (TPSA) is 52.0 Å². The van der Waals surface area contributed by atoms with Gasteiger partial charge in [-0.2, -0.15) is 5.10 Å². The zero-order valence-electron chi connectivity index (χ0n) is 17.0. The number of rotatable bonds is 5. The molecule has 0 amide bonds. The predicted octanol–water partition coefficient (Wildman–Crippen LogP) is 3.32. The zero-order chi connectivity index (χ0) is 19.0. The Bertz CT molecular complexity index is 788. The Hall–Kier alpha value is -1.72. The van der Waals surface area contributed by atoms with Crippen LogP contribution in [-0.4, -0.2) is 39.6 Å². The van der Waals surface area contributed by atoms with Crippen molar-refractivity contribution in [1.29, 1.82) is 0 Å². The van der Waals surface area contributed by atoms with E-state index in [9.17, 15) is 0 Å². The molecule has 1 aliphatic heterocycles. The molecule has 150 valence electrons. The molecule has 5 heteroatoms. The summed E-state index contributed by atoms with van der Waals surface area (Å²) in [6.07, 6.45) is 14.7. The zero-order valence-corrected chi connectivity index (χ0v) is 17.0. The molecular formula is C23H32N4O. The number of hydrogen-bond acceptors (Lipinski definition) is 4. The van der Waals surface area contributed by atoms with Crippen LogP contribution in [0.1, 0.15) is 61.9 Å². The standard InChI is InChI=1S/C23H32N4O/c1-27-16-18-14-19(15-20(18)26-27)24-12-9-22(21-6-2-5-11-25-21)10-13-28-23(17-22)7-3-4-8-23/h2,5-6,11,16,19,24H,3-4,7-10,12-15,17H2,1H3/t19?,22-/m1/s1. The van der Waals surface area contributed by atoms with Crippen LogP contribution in [0.4, 0.5) is 0 Å². The largest absolute Gasteiger partial charge is 0.375 e. The minimum Gasteiger partial charge on any atom is -0.375 e. The SMILES string of the molecule is Cn1cc2c(n1)CC(NCC[C@@]1(c3ccccn3)CCOC3(CCCC3)C1)C2. The molecule has 0 radical (unpaired) electrons. The fourth-order valence-electron chi connectivity index (χ4n) is 5.95. The van der Waals surface area contributed by atoms with Gasteiger partial charge in [-0.15, -0.1) is 0 Å². The predicted molar refractivity (Wildman–Crippen MR) is 109 cm³/mol. The van der Waals surface area contributed by atoms with Crippen LogP contribution in [0.2, 0.25) is 0 Å². The van der Waals surface area contributed by atoms with Crippen LogP contribution in [0.25, 0.3) is 0 Å². The van der Waals surface area contributed by atoms with Gasteiger partial charge >= 0.3 is 0 Å². The molecular weight excluding hydrogens is 348 g/mol. The lowest BCUT2D eigenvalue weighted by Crippen LogP contribution is -2.48. The third kappa shape index (κ3) is 3.39. The van der Waals surface area contributed by atoms with E-state index in [0.29, 0.717) is 6.04 Å². The second-order valence-corrected chi connectivity index (χ2v) is 9.24. The van der Waals surface area contributed by atoms with E-state index < -0.39 is 0 Å². The van der Waals surface area contributed by atoms with Crippen molar-refractivity contribution in [2.75, 3.05) is 13.2 Å². The summed E-state index contributed by atoms with van der Waals surface area (Å²) in [6, 6.07) is 6.94. The number of hydrogen-bond donors (Lipinski definition) is 1. The lowest BCUT2D eigenvalue weighted by atomic mass is 9.68. The average Bonchev–Trinajstić information content (AvgIpc) is 3.38. The van der Waals surface area contributed by atoms with Crippen molar-refractivity contribution >= 4 is 0 Å². The first kappa shape index (κ1) is 18.3. The van der Waals surface area contributed by atoms with Crippen molar-refractivity contribution in [1.82, 2.24) is 20.1 Å². The van der Waals surface area contributed by atoms with Gasteiger partial charge in [0.1, 0.15) is 0 Å². The van der Waals surface area contributed by atoms with Gasteiger partial charge in [-0.3, -0.25) is 9.67 Å². The lowest BCUT2D eigenvalue weighted by molar-refractivity contribution is -0.104. The summed E-state index contributed by atoms with van der Waals surface area (Å²) in [5.41, 5.74) is 4.20. The summed E-state index contributed by atoms with van der Waals surface area (Å²) in [6.45, 7) is 1.91. The summed E-state index contributed by atoms with van der Waals surface area (Å²) in [5.74, 6) is 0. The molecule has 5 nitrogen and oxygen atoms in total. The second kappa shape index (κ2) is 7.27. The van der Waals surface area contributed by atoms with E-state index >= 15 is 0 Å². The summed E-state index contributed by atoms with van der Waals surface area (Å²) in [5, 5.41) is 8.44. The highest BCUT2D eigenvalue weighted by Gasteiger charge is 2.48. The van der Waals surface area contributed by atoms with Crippen LogP contribution >= 0.6 is 0 Å². The number of fused-ring (bicyclic) bond motifs is 1. The summed E-state index contributed by atoms with van der Waals surface area (Å²) < 4.78 is 8.31. The molecule has 2 atom stereocenters. The number of aryl methyl sites for hydroxylation is 1. The van der Waals surface area contributed by atoms with Crippen molar-refractivity contribution in [3.63, 3.8) is 0 Å². The normalized spacial score (nSPS) is 28.7. The van der Waals surface area contributed by atoms with E-state index in [2.05, 4.69) is 28.7 Å². The first-order chi connectivity index (χ1) is 13.7. The Balaban J connectivity index is 1.28. The highest BCUT2D eigenvalue weighted by molar-refractivity contribution is 5.25. The van der Waals surface area contributed by atoms with Gasteiger partial charge in [0.25, 0.3) is 0 Å². The van der Waals surface area contributed by atoms with Gasteiger partial charge in [-0.05, 0) is 62.8 Å². The molecule has 1 saturated carbocycles. The van der Waals surface area contributed by atoms with Crippen LogP contribution < -0.4 is 5.32 Å². The molecule has 1 N–H and O–H groups in total. The fourth-order valence-corrected chi connectivity index (χ4v) is 5.95. The highest BCUT2D eigenvalue weighted by atomic mass is 16.5. The smallest absolute Gasteiger partial charge is 0.0691 e. The highest BCUT2D eigenvalue weighted by Crippen LogP contribution is 2.49. The molecule has 1 unspecified atom stereocenters. The molecule has 2 aromatic heterocycles. The third-order valence-corrected chi connectivity index (χ3v) is 7.31. The number of nitrogens with one attached hydrogen (secondary N) is 1. The molecule has 2 aliphatic carbocycles. The van der Waals surface area contributed by atoms with E-state index in [1.54, 1.807) is 0 Å². The Kier molecular flexibility index (Phi) is 4.76. The molecule has 3 heterocycles. The number of pyridine rings is 1. The molecule has 3 aliphatic rings. The van der Waals surface area contributed by atoms with Crippen molar-refractivity contribution < 1.29 is 4.74 Å². The van der Waals surface area contributed by atoms with Crippen molar-refractivity contribution in [2.24, 2.45) is 7.05 Å². The third-order valence-electron chi connectivity index (χ3n) is 7.31. The Morgan fingerprint density at radius 1 is 1.21 bits per heavy atom. The van der Waals surface area contributed by atoms with Gasteiger partial charge in [-0.1, -0.05) is 18.9 Å². The molecule has 5 rings (SSSR count). The first-order valence-electron chi connectivity index (χ1n) is 11.0. The Morgan fingerprint density at radius 3 is 2.89 bits per heavy atom. The Labute approximate surface area is 167 Å². The first-order valence-corrected chi connectivity index (χ1v) is 11.0. The Morgan fingerprint density at radius 2 is 2.11 bits per heavy atom. The fraction of sp³-hybridized carbons (Fsp3) is 0.652. The monoisotopic (exact) mass is 380 g/mol. The van der Waals surface area contributed by atoms with Gasteiger partial charge in [0.2, 0.25) is 0 Å². The average molecular weight is 381 g/mol. The minimum absolute atomic E-state index is 0.101. The number of aromatic nitrogens is 3. The van der Waals surface area contributed by atoms with Crippen molar-refractivity contribution in [2.45, 2.75) is 74.8 Å². The van der Waals surface area contributed by atoms with Gasteiger partial charge in [0.05, 0.1) is 11.3 Å². The maximum Gasteiger partial charge on any atom is 0.0691 e. The van der Waals surface area contributed by atoms with Crippen molar-refractivity contribution in [3.8, 4) is 0 Å². The van der Waals surface area contributed by atoms with E-state index in [-0.39, 0.29) is 11.0 Å². The number of ether oxygens (including phenoxy) is 1. The van der Waals surface area contributed by atoms with Crippen LogP contribution in [0.3, 0.4) is 0 Å². The van der Waals surface area contributed by atoms with Crippen LogP contribution in [0.15, 0.2) is 30.6 Å². The molecule has 0 bridgehead atoms. The summed E-state index contributed by atoms with van der Waals surface area (Å²) >= 11 is 0. The van der Waals surface area contributed by atoms with Gasteiger partial charge in [0, 0.05) is 49.6 Å². The second-order valence-electron chi connectivity index (χ2n) is 9.24. The van der Waals surface area contributed by atoms with E-state index in [1.807, 2.05) is 24.0 Å². The molecule has 1 saturated heterocycles. The minimum atomic E-state index is 0.101. The molecule has 0 aromatic carbocycles. The maximum absolute atomic E-state index is 6.37. The lowest BCUT2D eigenvalue weighted by Gasteiger charge is -2.46. The van der Waals surface area contributed by atoms with Crippen LogP contribution in [0, 0.1) is 0 Å². The molecule has 2 aromatic rings. The van der Waals surface area contributed by atoms with E-state index in [0.717, 1.165) is 45.3 Å². The van der Waals surface area contributed by atoms with Crippen LogP contribution in [-0.2, 0) is 30.0 Å². The molecule has 28 heavy (non-hydrogen) atoms. The van der Waals surface area contributed by atoms with Crippen molar-refractivity contribution in [3.05, 3.63) is 47.5 Å².